The number of esters is 1. The van der Waals surface area contributed by atoms with E-state index in [0.29, 0.717) is 10.6 Å². The predicted octanol–water partition coefficient (Wildman–Crippen LogP) is 3.56. The molecule has 8 nitrogen and oxygen atoms in total. The summed E-state index contributed by atoms with van der Waals surface area (Å²) in [5.74, 6) is -1.38. The number of thiophene rings is 1. The molecule has 9 heteroatoms. The van der Waals surface area contributed by atoms with Gasteiger partial charge in [0, 0.05) is 10.4 Å². The van der Waals surface area contributed by atoms with Gasteiger partial charge in [0.15, 0.2) is 0 Å². The SMILES string of the molecule is CCOC(=O)c1c(NC(=O)CN2C(=O)N[C@](C)(C3CC3)C2=O)sc(C)c1-c1ccccc1. The zero-order chi connectivity index (χ0) is 23.0. The highest BCUT2D eigenvalue weighted by Gasteiger charge is 2.56. The maximum atomic E-state index is 12.8. The van der Waals surface area contributed by atoms with Crippen LogP contribution in [0.25, 0.3) is 11.1 Å². The molecule has 4 rings (SSSR count). The van der Waals surface area contributed by atoms with Gasteiger partial charge in [-0.1, -0.05) is 30.3 Å². The van der Waals surface area contributed by atoms with Gasteiger partial charge in [0.2, 0.25) is 5.91 Å². The highest BCUT2D eigenvalue weighted by atomic mass is 32.1. The molecule has 1 aliphatic carbocycles. The molecule has 4 amide bonds. The average molecular weight is 456 g/mol. The first-order chi connectivity index (χ1) is 15.3. The fraction of sp³-hybridized carbons (Fsp3) is 0.391. The Kier molecular flexibility index (Phi) is 5.77. The molecular formula is C23H25N3O5S. The fourth-order valence-corrected chi connectivity index (χ4v) is 5.17. The van der Waals surface area contributed by atoms with Gasteiger partial charge >= 0.3 is 12.0 Å². The molecule has 168 valence electrons. The van der Waals surface area contributed by atoms with Crippen LogP contribution < -0.4 is 10.6 Å². The van der Waals surface area contributed by atoms with Gasteiger partial charge in [0.25, 0.3) is 5.91 Å². The van der Waals surface area contributed by atoms with Crippen LogP contribution in [-0.4, -0.2) is 47.4 Å². The van der Waals surface area contributed by atoms with Crippen molar-refractivity contribution in [1.29, 1.82) is 0 Å². The minimum absolute atomic E-state index is 0.107. The van der Waals surface area contributed by atoms with Gasteiger partial charge in [-0.2, -0.15) is 0 Å². The lowest BCUT2D eigenvalue weighted by atomic mass is 9.96. The van der Waals surface area contributed by atoms with E-state index < -0.39 is 35.9 Å². The molecule has 1 saturated heterocycles. The van der Waals surface area contributed by atoms with E-state index in [4.69, 9.17) is 4.74 Å². The number of hydrogen-bond acceptors (Lipinski definition) is 6. The van der Waals surface area contributed by atoms with Crippen LogP contribution in [0, 0.1) is 12.8 Å². The van der Waals surface area contributed by atoms with Crippen LogP contribution >= 0.6 is 11.3 Å². The van der Waals surface area contributed by atoms with Gasteiger partial charge in [-0.25, -0.2) is 9.59 Å². The molecule has 0 radical (unpaired) electrons. The standard InChI is InChI=1S/C23H25N3O5S/c1-4-31-20(28)18-17(14-8-6-5-7-9-14)13(2)32-19(18)24-16(27)12-26-21(29)23(3,15-10-11-15)25-22(26)30/h5-9,15H,4,10-12H2,1-3H3,(H,24,27)(H,25,30)/t23-/m1/s1. The molecule has 2 aliphatic rings. The summed E-state index contributed by atoms with van der Waals surface area (Å²) in [5.41, 5.74) is 0.849. The smallest absolute Gasteiger partial charge is 0.341 e. The summed E-state index contributed by atoms with van der Waals surface area (Å²) < 4.78 is 5.24. The molecule has 1 saturated carbocycles. The van der Waals surface area contributed by atoms with E-state index in [-0.39, 0.29) is 18.1 Å². The predicted molar refractivity (Wildman–Crippen MR) is 120 cm³/mol. The van der Waals surface area contributed by atoms with Crippen LogP contribution in [0.5, 0.6) is 0 Å². The summed E-state index contributed by atoms with van der Waals surface area (Å²) in [6.45, 7) is 5.05. The Balaban J connectivity index is 1.59. The van der Waals surface area contributed by atoms with E-state index >= 15 is 0 Å². The van der Waals surface area contributed by atoms with E-state index in [1.54, 1.807) is 13.8 Å². The third-order valence-electron chi connectivity index (χ3n) is 5.88. The van der Waals surface area contributed by atoms with Crippen molar-refractivity contribution >= 4 is 40.2 Å². The molecule has 0 unspecified atom stereocenters. The number of benzene rings is 1. The molecule has 0 spiro atoms. The van der Waals surface area contributed by atoms with Gasteiger partial charge < -0.3 is 15.4 Å². The number of imide groups is 1. The van der Waals surface area contributed by atoms with E-state index in [9.17, 15) is 19.2 Å². The number of nitrogens with one attached hydrogen (secondary N) is 2. The van der Waals surface area contributed by atoms with Crippen molar-refractivity contribution in [2.24, 2.45) is 5.92 Å². The van der Waals surface area contributed by atoms with Crippen molar-refractivity contribution in [2.45, 2.75) is 39.2 Å². The number of ether oxygens (including phenoxy) is 1. The maximum absolute atomic E-state index is 12.8. The quantitative estimate of drug-likeness (QED) is 0.491. The molecule has 1 aromatic carbocycles. The lowest BCUT2D eigenvalue weighted by Gasteiger charge is -2.20. The Bertz CT molecular complexity index is 1090. The topological polar surface area (TPSA) is 105 Å². The van der Waals surface area contributed by atoms with E-state index in [1.807, 2.05) is 37.3 Å². The van der Waals surface area contributed by atoms with Crippen LogP contribution in [0.2, 0.25) is 0 Å². The van der Waals surface area contributed by atoms with E-state index in [0.717, 1.165) is 28.2 Å². The molecule has 2 fully saturated rings. The second kappa shape index (κ2) is 8.38. The van der Waals surface area contributed by atoms with Gasteiger partial charge in [-0.3, -0.25) is 14.5 Å². The van der Waals surface area contributed by atoms with E-state index in [1.165, 1.54) is 11.3 Å². The molecule has 1 atom stereocenters. The Morgan fingerprint density at radius 1 is 1.25 bits per heavy atom. The number of carbonyl (C=O) groups is 4. The Hall–Kier alpha value is -3.20. The van der Waals surface area contributed by atoms with Crippen molar-refractivity contribution in [1.82, 2.24) is 10.2 Å². The van der Waals surface area contributed by atoms with Gasteiger partial charge in [0.05, 0.1) is 6.61 Å². The first-order valence-corrected chi connectivity index (χ1v) is 11.4. The second-order valence-corrected chi connectivity index (χ2v) is 9.39. The summed E-state index contributed by atoms with van der Waals surface area (Å²) in [7, 11) is 0. The molecule has 2 aromatic rings. The lowest BCUT2D eigenvalue weighted by molar-refractivity contribution is -0.134. The van der Waals surface area contributed by atoms with Crippen LogP contribution in [0.3, 0.4) is 0 Å². The van der Waals surface area contributed by atoms with Crippen molar-refractivity contribution in [3.05, 3.63) is 40.8 Å². The molecule has 1 aliphatic heterocycles. The average Bonchev–Trinajstić information content (AvgIpc) is 3.53. The Morgan fingerprint density at radius 3 is 2.56 bits per heavy atom. The highest BCUT2D eigenvalue weighted by molar-refractivity contribution is 7.17. The zero-order valence-electron chi connectivity index (χ0n) is 18.2. The summed E-state index contributed by atoms with van der Waals surface area (Å²) in [6.07, 6.45) is 1.75. The molecular weight excluding hydrogens is 430 g/mol. The van der Waals surface area contributed by atoms with Gasteiger partial charge in [-0.05, 0) is 45.1 Å². The lowest BCUT2D eigenvalue weighted by Crippen LogP contribution is -2.46. The number of nitrogens with zero attached hydrogens (tertiary/aromatic N) is 1. The van der Waals surface area contributed by atoms with Crippen molar-refractivity contribution in [2.75, 3.05) is 18.5 Å². The number of carbonyl (C=O) groups excluding carboxylic acids is 4. The van der Waals surface area contributed by atoms with E-state index in [2.05, 4.69) is 10.6 Å². The summed E-state index contributed by atoms with van der Waals surface area (Å²) in [6, 6.07) is 8.82. The first-order valence-electron chi connectivity index (χ1n) is 10.6. The molecule has 0 bridgehead atoms. The third kappa shape index (κ3) is 3.88. The van der Waals surface area contributed by atoms with Crippen LogP contribution in [0.1, 0.15) is 41.9 Å². The fourth-order valence-electron chi connectivity index (χ4n) is 4.09. The maximum Gasteiger partial charge on any atom is 0.341 e. The summed E-state index contributed by atoms with van der Waals surface area (Å²) in [4.78, 5) is 52.5. The monoisotopic (exact) mass is 455 g/mol. The Labute approximate surface area is 189 Å². The number of rotatable bonds is 7. The van der Waals surface area contributed by atoms with Crippen LogP contribution in [0.15, 0.2) is 30.3 Å². The number of amides is 4. The van der Waals surface area contributed by atoms with Crippen LogP contribution in [-0.2, 0) is 14.3 Å². The highest BCUT2D eigenvalue weighted by Crippen LogP contribution is 2.43. The van der Waals surface area contributed by atoms with Crippen molar-refractivity contribution in [3.8, 4) is 11.1 Å². The largest absolute Gasteiger partial charge is 0.462 e. The third-order valence-corrected chi connectivity index (χ3v) is 6.90. The summed E-state index contributed by atoms with van der Waals surface area (Å²) in [5, 5.41) is 5.79. The second-order valence-electron chi connectivity index (χ2n) is 8.17. The van der Waals surface area contributed by atoms with Crippen LogP contribution in [0.4, 0.5) is 9.80 Å². The normalized spacial score (nSPS) is 20.3. The molecule has 1 aromatic heterocycles. The number of urea groups is 1. The van der Waals surface area contributed by atoms with Crippen molar-refractivity contribution < 1.29 is 23.9 Å². The minimum Gasteiger partial charge on any atom is -0.462 e. The molecule has 2 heterocycles. The number of anilines is 1. The summed E-state index contributed by atoms with van der Waals surface area (Å²) >= 11 is 1.26. The zero-order valence-corrected chi connectivity index (χ0v) is 19.0. The van der Waals surface area contributed by atoms with Crippen molar-refractivity contribution in [3.63, 3.8) is 0 Å². The molecule has 2 N–H and O–H groups in total. The first kappa shape index (κ1) is 22.0. The minimum atomic E-state index is -0.951. The Morgan fingerprint density at radius 2 is 1.94 bits per heavy atom. The molecule has 32 heavy (non-hydrogen) atoms. The number of hydrogen-bond donors (Lipinski definition) is 2. The van der Waals surface area contributed by atoms with Gasteiger partial charge in [0.1, 0.15) is 22.6 Å². The van der Waals surface area contributed by atoms with Gasteiger partial charge in [-0.15, -0.1) is 11.3 Å². The number of aryl methyl sites for hydroxylation is 1.